The number of ketones is 2. The van der Waals surface area contributed by atoms with Crippen LogP contribution in [0.4, 0.5) is 40.1 Å². The number of hydrogen-bond donors (Lipinski definition) is 11. The number of sulfonamides is 1. The van der Waals surface area contributed by atoms with Gasteiger partial charge in [-0.05, 0) is 201 Å². The number of nitrogens with zero attached hydrogens (tertiary/aromatic N) is 2. The Kier molecular flexibility index (Phi) is 72.7. The van der Waals surface area contributed by atoms with E-state index in [1.54, 1.807) is 100 Å². The number of rotatable bonds is 47. The summed E-state index contributed by atoms with van der Waals surface area (Å²) in [6.07, 6.45) is 7.19. The number of nitrogens with two attached hydrogens (primary N) is 2. The average Bonchev–Trinajstić information content (AvgIpc) is 0.845. The van der Waals surface area contributed by atoms with Crippen molar-refractivity contribution in [2.75, 3.05) is 83.5 Å². The Morgan fingerprint density at radius 1 is 0.482 bits per heavy atom. The Labute approximate surface area is 831 Å². The normalized spacial score (nSPS) is 12.4. The Balaban J connectivity index is -0.000000324. The minimum atomic E-state index is -3.76. The van der Waals surface area contributed by atoms with E-state index in [-0.39, 0.29) is 135 Å². The van der Waals surface area contributed by atoms with E-state index in [9.17, 15) is 117 Å². The smallest absolute Gasteiger partial charge is 0.870 e. The number of halogens is 1. The minimum Gasteiger partial charge on any atom is -0.870 e. The van der Waals surface area contributed by atoms with Gasteiger partial charge in [-0.25, -0.2) is 67.2 Å². The van der Waals surface area contributed by atoms with Gasteiger partial charge in [-0.1, -0.05) is 58.4 Å². The zero-order valence-corrected chi connectivity index (χ0v) is 86.4. The number of carbonyl (C=O) groups is 12. The number of amides is 7. The first-order chi connectivity index (χ1) is 61.9. The summed E-state index contributed by atoms with van der Waals surface area (Å²) in [7, 11) is -6.47. The van der Waals surface area contributed by atoms with Gasteiger partial charge in [0.25, 0.3) is 11.4 Å². The Hall–Kier alpha value is -10.2. The van der Waals surface area contributed by atoms with Gasteiger partial charge in [0, 0.05) is 98.9 Å². The van der Waals surface area contributed by atoms with Crippen LogP contribution in [0.2, 0.25) is 0 Å². The van der Waals surface area contributed by atoms with Gasteiger partial charge in [0.2, 0.25) is 25.0 Å². The number of primary amides is 1. The first-order valence-corrected chi connectivity index (χ1v) is 51.3. The van der Waals surface area contributed by atoms with Gasteiger partial charge < -0.3 is 102 Å². The van der Waals surface area contributed by atoms with Crippen molar-refractivity contribution in [1.29, 1.82) is 0 Å². The molecule has 16 N–H and O–H groups in total. The van der Waals surface area contributed by atoms with Crippen molar-refractivity contribution in [3.63, 3.8) is 0 Å². The second-order valence-corrected chi connectivity index (χ2v) is 44.2. The first-order valence-electron chi connectivity index (χ1n) is 42.6. The molecule has 47 nitrogen and oxygen atoms in total. The second-order valence-electron chi connectivity index (χ2n) is 35.0. The summed E-state index contributed by atoms with van der Waals surface area (Å²) in [5.74, 6) is -6.51. The number of aliphatic hydroxyl groups excluding tert-OH is 1. The van der Waals surface area contributed by atoms with Crippen LogP contribution < -0.4 is 76.4 Å². The fourth-order valence-electron chi connectivity index (χ4n) is 10.9. The van der Waals surface area contributed by atoms with E-state index in [0.29, 0.717) is 88.5 Å². The second kappa shape index (κ2) is 71.3. The number of aliphatic carboxylic acids is 1. The van der Waals surface area contributed by atoms with Crippen LogP contribution in [0.15, 0.2) is 72.8 Å². The summed E-state index contributed by atoms with van der Waals surface area (Å²) in [4.78, 5) is 162. The zero-order chi connectivity index (χ0) is 105. The van der Waals surface area contributed by atoms with E-state index in [0.717, 1.165) is 37.9 Å². The number of alkyl carbamates (subject to hydrolysis) is 4. The summed E-state index contributed by atoms with van der Waals surface area (Å²) < 4.78 is 129. The number of esters is 2. The number of nitro groups is 2. The van der Waals surface area contributed by atoms with Crippen LogP contribution in [0.1, 0.15) is 212 Å². The monoisotopic (exact) mass is 2080 g/mol. The predicted molar refractivity (Wildman–Crippen MR) is 514 cm³/mol. The van der Waals surface area contributed by atoms with Gasteiger partial charge in [-0.15, -0.1) is 0 Å². The number of ether oxygens (including phenoxy) is 8. The van der Waals surface area contributed by atoms with E-state index < -0.39 is 173 Å². The number of urea groups is 1. The number of unbranched alkanes of at least 4 members (excludes halogenated alkanes) is 4. The molecule has 3 aromatic rings. The molecule has 0 spiro atoms. The topological polar surface area (TPSA) is 740 Å². The standard InChI is InChI=1S/C32H53N5O9S.C14H27NO6S.C13H8N2O7.C13H25NO6S.C12H24N2O4.CH3ClO2S.CH4.Li.2H2O/c1-21(2)24(19-28(40)26(37-47(6,44)45)10-7-8-16-35-31(43)46-32(3,4)5)29(41)36-25(11-9-17-34-30(33)42)27(39)18-22-12-14-23(20-38)15-13-22;1-14(2,3)21-13(17)15-9-7-6-8-11(12(16)20-4)10-22(5,18)19;16-13(21-11-5-1-9(2-6-11)14(17)18)22-12-7-3-10(4-8-12)15(19)20;1-13(2,3)20-12(17)14-8-6-5-7-10(11(15)16)9-21(4,18)19;1-12(2,3)18-11(16)14-8-6-5-7-9(13)10(15)17-4;1-5(2,3)4;;;;/h12-15,21,24-26,37-38H,7-11,16-20H2,1-6H3,(H,35,43)(H,36,41)(H3,33,34,42);11H,6-10H2,1-5H3,(H,15,17);1-8H;10H,5-9H2,1-4H3,(H,14,17)(H,15,16);9H,5-8,13H2,1-4H3,(H,14,16);1H3;1H4;;2*1H2/q;;;;;;;+1;;/p-1/t24-,25-,26-;11-;;10-;9-;;;;;/m01.10...../s1. The van der Waals surface area contributed by atoms with Crippen LogP contribution in [0.5, 0.6) is 11.5 Å². The summed E-state index contributed by atoms with van der Waals surface area (Å²) in [5.41, 5.74) is 9.55. The van der Waals surface area contributed by atoms with E-state index in [1.165, 1.54) is 62.8 Å². The van der Waals surface area contributed by atoms with E-state index in [4.69, 9.17) is 45.0 Å². The van der Waals surface area contributed by atoms with Crippen molar-refractivity contribution < 1.29 is 179 Å². The van der Waals surface area contributed by atoms with Crippen LogP contribution in [0.25, 0.3) is 0 Å². The minimum absolute atomic E-state index is 0. The number of aliphatic hydroxyl groups is 1. The predicted octanol–water partition coefficient (Wildman–Crippen LogP) is 6.10. The van der Waals surface area contributed by atoms with E-state index >= 15 is 0 Å². The molecule has 139 heavy (non-hydrogen) atoms. The molecule has 3 aromatic carbocycles. The molecule has 0 aliphatic heterocycles. The van der Waals surface area contributed by atoms with Crippen molar-refractivity contribution in [3.8, 4) is 11.5 Å². The molecular weight excluding hydrogens is 1930 g/mol. The number of sulfone groups is 2. The number of hydrogen-bond acceptors (Lipinski definition) is 35. The molecule has 0 fully saturated rings. The van der Waals surface area contributed by atoms with Crippen LogP contribution in [0.3, 0.4) is 0 Å². The molecule has 0 heterocycles. The van der Waals surface area contributed by atoms with Crippen LogP contribution in [-0.4, -0.2) is 261 Å². The quantitative estimate of drug-likeness (QED) is 0.00445. The number of nitrogens with one attached hydrogen (secondary N) is 7. The number of carboxylic acid groups (broad SMARTS) is 1. The Morgan fingerprint density at radius 3 is 1.12 bits per heavy atom. The van der Waals surface area contributed by atoms with Gasteiger partial charge in [0.05, 0.1) is 78.6 Å². The van der Waals surface area contributed by atoms with Crippen LogP contribution in [-0.2, 0) is 109 Å². The average molecular weight is 2080 g/mol. The SMILES string of the molecule is C.CC(C)(C)OC(=O)NCCCC[C@H](CS(C)(=O)=O)C(=O)O.CC(C)[C@H](CC(=O)[C@H](CCCCNC(=O)OC(C)(C)C)NS(C)(=O)=O)C(=O)N[C@@H](CCCNC(N)=O)C(=O)Cc1ccc(CO)cc1.COC(=O)[C@@H](N)CCCCNC(=O)OC(C)(C)C.COC(=O)[C@H](CCCCNC(=O)OC(C)(C)C)CS(C)(=O)=O.CS(=O)(=O)Cl.O.O=C(Oc1ccc([N+](=O)[O-])cc1)Oc1ccc([N+](=O)[O-])cc1.[Li+].[OH-]. The third-order valence-electron chi connectivity index (χ3n) is 17.0. The van der Waals surface area contributed by atoms with Gasteiger partial charge in [-0.3, -0.25) is 49.0 Å². The number of benzene rings is 3. The first kappa shape index (κ1) is 142. The summed E-state index contributed by atoms with van der Waals surface area (Å²) in [6.45, 7) is 26.4. The number of carbonyl (C=O) groups excluding carboxylic acids is 11. The molecule has 0 saturated heterocycles. The van der Waals surface area contributed by atoms with Crippen molar-refractivity contribution in [1.82, 2.24) is 36.6 Å². The molecule has 0 unspecified atom stereocenters. The summed E-state index contributed by atoms with van der Waals surface area (Å²) in [5, 5.41) is 54.9. The van der Waals surface area contributed by atoms with E-state index in [1.807, 2.05) is 20.8 Å². The maximum absolute atomic E-state index is 13.6. The number of non-ortho nitro benzene ring substituents is 2. The third-order valence-corrected chi connectivity index (χ3v) is 19.7. The molecule has 6 atom stereocenters. The molecule has 7 amide bonds. The van der Waals surface area contributed by atoms with Gasteiger partial charge in [0.15, 0.2) is 11.6 Å². The number of methoxy groups -OCH3 is 2. The molecule has 53 heteroatoms. The molecular formula is C86H147ClLiN11O36S4. The maximum atomic E-state index is 13.6. The maximum Gasteiger partial charge on any atom is 1.00 e. The van der Waals surface area contributed by atoms with Gasteiger partial charge in [0.1, 0.15) is 59.6 Å². The fraction of sp³-hybridized carbons (Fsp3) is 0.651. The molecule has 0 radical (unpaired) electrons. The molecule has 3 rings (SSSR count). The fourth-order valence-corrected chi connectivity index (χ4v) is 13.8. The molecule has 0 aliphatic rings. The van der Waals surface area contributed by atoms with E-state index in [2.05, 4.69) is 56.8 Å². The number of nitro benzene ring substituents is 2. The molecule has 0 saturated carbocycles. The molecule has 0 aliphatic carbocycles. The Bertz CT molecular complexity index is 4640. The molecule has 794 valence electrons. The largest absolute Gasteiger partial charge is 1.00 e. The number of Topliss-reactive ketones (excluding diaryl/α,β-unsaturated/α-hetero) is 2. The van der Waals surface area contributed by atoms with Crippen LogP contribution in [0, 0.1) is 43.9 Å². The third kappa shape index (κ3) is 83.3. The molecule has 0 aromatic heterocycles. The van der Waals surface area contributed by atoms with Crippen molar-refractivity contribution in [2.45, 2.75) is 254 Å². The Morgan fingerprint density at radius 2 is 0.806 bits per heavy atom. The van der Waals surface area contributed by atoms with Crippen molar-refractivity contribution in [2.24, 2.45) is 35.1 Å². The van der Waals surface area contributed by atoms with Gasteiger partial charge in [-0.2, -0.15) is 0 Å². The number of carboxylic acids is 1. The van der Waals surface area contributed by atoms with Crippen LogP contribution >= 0.6 is 10.7 Å². The summed E-state index contributed by atoms with van der Waals surface area (Å²) >= 11 is 0. The van der Waals surface area contributed by atoms with Gasteiger partial charge >= 0.3 is 73.3 Å². The molecule has 0 bridgehead atoms. The zero-order valence-electron chi connectivity index (χ0n) is 82.4. The summed E-state index contributed by atoms with van der Waals surface area (Å²) in [6, 6.07) is 13.2. The van der Waals surface area contributed by atoms with Crippen molar-refractivity contribution in [3.05, 3.63) is 104 Å². The van der Waals surface area contributed by atoms with Crippen molar-refractivity contribution >= 4 is 133 Å².